The third kappa shape index (κ3) is 5.24. The average molecular weight is 439 g/mol. The van der Waals surface area contributed by atoms with Gasteiger partial charge in [0.25, 0.3) is 5.91 Å². The van der Waals surface area contributed by atoms with E-state index in [1.54, 1.807) is 0 Å². The monoisotopic (exact) mass is 437 g/mol. The van der Waals surface area contributed by atoms with Gasteiger partial charge in [0.1, 0.15) is 5.75 Å². The Bertz CT molecular complexity index is 882. The van der Waals surface area contributed by atoms with Crippen LogP contribution in [0, 0.1) is 0 Å². The minimum atomic E-state index is -0.485. The molecular weight excluding hydrogens is 418 g/mol. The molecule has 0 fully saturated rings. The maximum absolute atomic E-state index is 10.9. The molecule has 3 rings (SSSR count). The van der Waals surface area contributed by atoms with E-state index in [1.165, 1.54) is 10.9 Å². The molecule has 26 heavy (non-hydrogen) atoms. The molecule has 0 spiro atoms. The fourth-order valence-electron chi connectivity index (χ4n) is 2.76. The molecule has 1 amide bonds. The number of primary amides is 1. The number of hydrogen-bond acceptors (Lipinski definition) is 3. The van der Waals surface area contributed by atoms with Gasteiger partial charge in [-0.3, -0.25) is 4.79 Å². The lowest BCUT2D eigenvalue weighted by molar-refractivity contribution is -0.119. The van der Waals surface area contributed by atoms with Crippen LogP contribution in [0.3, 0.4) is 0 Å². The largest absolute Gasteiger partial charge is 0.483 e. The first-order valence-corrected chi connectivity index (χ1v) is 8.88. The van der Waals surface area contributed by atoms with Gasteiger partial charge in [0.2, 0.25) is 0 Å². The summed E-state index contributed by atoms with van der Waals surface area (Å²) in [6.45, 7) is 1.36. The number of nitrogens with one attached hydrogen (secondary N) is 2. The summed E-state index contributed by atoms with van der Waals surface area (Å²) in [6, 6.07) is 14.0. The molecule has 7 heteroatoms. The van der Waals surface area contributed by atoms with Crippen LogP contribution in [0.4, 0.5) is 0 Å². The Morgan fingerprint density at radius 1 is 1.19 bits per heavy atom. The van der Waals surface area contributed by atoms with Gasteiger partial charge in [-0.1, -0.05) is 34.1 Å². The van der Waals surface area contributed by atoms with Crippen LogP contribution in [0.15, 0.2) is 53.1 Å². The molecule has 0 atom stereocenters. The van der Waals surface area contributed by atoms with E-state index in [2.05, 4.69) is 50.6 Å². The lowest BCUT2D eigenvalue weighted by Crippen LogP contribution is -2.21. The molecule has 4 N–H and O–H groups in total. The van der Waals surface area contributed by atoms with E-state index in [1.807, 2.05) is 24.3 Å². The zero-order valence-electron chi connectivity index (χ0n) is 14.1. The van der Waals surface area contributed by atoms with Crippen LogP contribution in [0.1, 0.15) is 11.1 Å². The highest BCUT2D eigenvalue weighted by atomic mass is 79.9. The predicted molar refractivity (Wildman–Crippen MR) is 110 cm³/mol. The number of halogens is 2. The minimum absolute atomic E-state index is 0. The highest BCUT2D eigenvalue weighted by Gasteiger charge is 2.07. The van der Waals surface area contributed by atoms with Crippen molar-refractivity contribution in [2.45, 2.75) is 13.0 Å². The molecule has 0 saturated heterocycles. The normalized spacial score (nSPS) is 10.5. The van der Waals surface area contributed by atoms with Crippen molar-refractivity contribution in [3.63, 3.8) is 0 Å². The molecular formula is C19H21BrClN3O2. The summed E-state index contributed by atoms with van der Waals surface area (Å²) in [5.74, 6) is 0.183. The van der Waals surface area contributed by atoms with Crippen LogP contribution in [-0.4, -0.2) is 24.0 Å². The summed E-state index contributed by atoms with van der Waals surface area (Å²) in [5, 5.41) is 4.69. The molecule has 3 aromatic rings. The highest BCUT2D eigenvalue weighted by molar-refractivity contribution is 9.10. The number of para-hydroxylation sites is 1. The van der Waals surface area contributed by atoms with E-state index >= 15 is 0 Å². The second-order valence-corrected chi connectivity index (χ2v) is 6.71. The predicted octanol–water partition coefficient (Wildman–Crippen LogP) is 3.55. The molecule has 2 aromatic carbocycles. The van der Waals surface area contributed by atoms with Crippen LogP contribution < -0.4 is 15.8 Å². The number of benzene rings is 2. The van der Waals surface area contributed by atoms with Gasteiger partial charge < -0.3 is 20.8 Å². The second kappa shape index (κ2) is 9.62. The number of amides is 1. The maximum Gasteiger partial charge on any atom is 0.255 e. The Morgan fingerprint density at radius 2 is 2.00 bits per heavy atom. The minimum Gasteiger partial charge on any atom is -0.483 e. The van der Waals surface area contributed by atoms with Gasteiger partial charge in [0.05, 0.1) is 0 Å². The third-order valence-corrected chi connectivity index (χ3v) is 4.45. The summed E-state index contributed by atoms with van der Waals surface area (Å²) in [5.41, 5.74) is 8.58. The van der Waals surface area contributed by atoms with E-state index in [9.17, 15) is 4.79 Å². The van der Waals surface area contributed by atoms with Crippen molar-refractivity contribution in [1.82, 2.24) is 10.3 Å². The van der Waals surface area contributed by atoms with E-state index in [-0.39, 0.29) is 19.0 Å². The number of rotatable bonds is 8. The topological polar surface area (TPSA) is 80.1 Å². The molecule has 0 aliphatic carbocycles. The molecule has 0 bridgehead atoms. The van der Waals surface area contributed by atoms with Gasteiger partial charge in [-0.25, -0.2) is 0 Å². The number of carbonyl (C=O) groups excluding carboxylic acids is 1. The number of hydrogen-bond donors (Lipinski definition) is 3. The Kier molecular flexibility index (Phi) is 7.50. The molecule has 0 unspecified atom stereocenters. The first-order chi connectivity index (χ1) is 12.1. The van der Waals surface area contributed by atoms with E-state index in [4.69, 9.17) is 10.5 Å². The van der Waals surface area contributed by atoms with Gasteiger partial charge in [-0.15, -0.1) is 12.4 Å². The van der Waals surface area contributed by atoms with E-state index in [0.29, 0.717) is 12.3 Å². The van der Waals surface area contributed by atoms with Crippen LogP contribution in [0.25, 0.3) is 10.9 Å². The fourth-order valence-corrected chi connectivity index (χ4v) is 3.17. The number of fused-ring (bicyclic) bond motifs is 1. The SMILES string of the molecule is Cl.NC(=O)COc1ccc(Br)cc1CNCCc1c[nH]c2ccccc12. The number of carbonyl (C=O) groups is 1. The molecule has 1 aromatic heterocycles. The van der Waals surface area contributed by atoms with Gasteiger partial charge in [0.15, 0.2) is 6.61 Å². The molecule has 0 aliphatic rings. The standard InChI is InChI=1S/C19H20BrN3O2.ClH/c20-15-5-6-18(25-12-19(21)24)14(9-15)10-22-8-7-13-11-23-17-4-2-1-3-16(13)17;/h1-6,9,11,22-23H,7-8,10,12H2,(H2,21,24);1H. The molecule has 0 saturated carbocycles. The van der Waals surface area contributed by atoms with Gasteiger partial charge in [-0.05, 0) is 42.8 Å². The van der Waals surface area contributed by atoms with Crippen molar-refractivity contribution in [3.05, 3.63) is 64.3 Å². The lowest BCUT2D eigenvalue weighted by atomic mass is 10.1. The Labute approximate surface area is 166 Å². The summed E-state index contributed by atoms with van der Waals surface area (Å²) < 4.78 is 6.44. The fraction of sp³-hybridized carbons (Fsp3) is 0.211. The zero-order chi connectivity index (χ0) is 17.6. The van der Waals surface area contributed by atoms with Crippen molar-refractivity contribution in [1.29, 1.82) is 0 Å². The summed E-state index contributed by atoms with van der Waals surface area (Å²) in [6.07, 6.45) is 2.99. The smallest absolute Gasteiger partial charge is 0.255 e. The number of aromatic amines is 1. The van der Waals surface area contributed by atoms with Crippen molar-refractivity contribution in [2.75, 3.05) is 13.2 Å². The third-order valence-electron chi connectivity index (χ3n) is 3.95. The van der Waals surface area contributed by atoms with E-state index in [0.717, 1.165) is 28.5 Å². The Morgan fingerprint density at radius 3 is 2.81 bits per heavy atom. The van der Waals surface area contributed by atoms with Crippen LogP contribution >= 0.6 is 28.3 Å². The quantitative estimate of drug-likeness (QED) is 0.471. The van der Waals surface area contributed by atoms with Gasteiger partial charge >= 0.3 is 0 Å². The van der Waals surface area contributed by atoms with Gasteiger partial charge in [-0.2, -0.15) is 0 Å². The molecule has 0 radical (unpaired) electrons. The van der Waals surface area contributed by atoms with Crippen LogP contribution in [-0.2, 0) is 17.8 Å². The van der Waals surface area contributed by atoms with Gasteiger partial charge in [0, 0.05) is 33.7 Å². The summed E-state index contributed by atoms with van der Waals surface area (Å²) >= 11 is 3.46. The summed E-state index contributed by atoms with van der Waals surface area (Å²) in [4.78, 5) is 14.2. The molecule has 0 aliphatic heterocycles. The van der Waals surface area contributed by atoms with Crippen molar-refractivity contribution >= 4 is 45.1 Å². The Hall–Kier alpha value is -2.02. The first kappa shape index (κ1) is 20.3. The van der Waals surface area contributed by atoms with Crippen molar-refractivity contribution in [2.24, 2.45) is 5.73 Å². The average Bonchev–Trinajstić information content (AvgIpc) is 3.01. The first-order valence-electron chi connectivity index (χ1n) is 8.09. The number of H-pyrrole nitrogens is 1. The number of nitrogens with two attached hydrogens (primary N) is 1. The van der Waals surface area contributed by atoms with Crippen LogP contribution in [0.5, 0.6) is 5.75 Å². The van der Waals surface area contributed by atoms with Crippen molar-refractivity contribution in [3.8, 4) is 5.75 Å². The second-order valence-electron chi connectivity index (χ2n) is 5.79. The lowest BCUT2D eigenvalue weighted by Gasteiger charge is -2.12. The number of ether oxygens (including phenoxy) is 1. The van der Waals surface area contributed by atoms with E-state index < -0.39 is 5.91 Å². The summed E-state index contributed by atoms with van der Waals surface area (Å²) in [7, 11) is 0. The van der Waals surface area contributed by atoms with Crippen LogP contribution in [0.2, 0.25) is 0 Å². The van der Waals surface area contributed by atoms with Crippen molar-refractivity contribution < 1.29 is 9.53 Å². The molecule has 1 heterocycles. The number of aromatic nitrogens is 1. The Balaban J connectivity index is 0.00000243. The molecule has 138 valence electrons. The maximum atomic E-state index is 10.9. The molecule has 5 nitrogen and oxygen atoms in total. The zero-order valence-corrected chi connectivity index (χ0v) is 16.5. The highest BCUT2D eigenvalue weighted by Crippen LogP contribution is 2.23.